The summed E-state index contributed by atoms with van der Waals surface area (Å²) in [5, 5.41) is 0. The number of carbonyl (C=O) groups is 2. The van der Waals surface area contributed by atoms with Crippen LogP contribution in [0, 0.1) is 0 Å². The molecule has 0 atom stereocenters. The molecule has 34 heavy (non-hydrogen) atoms. The molecule has 1 fully saturated rings. The molecule has 1 aliphatic rings. The average Bonchev–Trinajstić information content (AvgIpc) is 3.36. The molecule has 0 radical (unpaired) electrons. The number of hydrogen-bond donors (Lipinski definition) is 1. The summed E-state index contributed by atoms with van der Waals surface area (Å²) in [6.45, 7) is 3.67. The molecule has 0 saturated carbocycles. The van der Waals surface area contributed by atoms with Crippen LogP contribution in [-0.4, -0.2) is 47.4 Å². The van der Waals surface area contributed by atoms with Crippen LogP contribution < -0.4 is 19.1 Å². The molecule has 9 heteroatoms. The number of allylic oxidation sites excluding steroid dienone is 1. The van der Waals surface area contributed by atoms with E-state index in [2.05, 4.69) is 4.90 Å². The molecule has 1 amide bonds. The third-order valence-corrected chi connectivity index (χ3v) is 6.96. The van der Waals surface area contributed by atoms with Gasteiger partial charge >= 0.3 is 0 Å². The van der Waals surface area contributed by atoms with Crippen LogP contribution >= 0.6 is 0 Å². The maximum Gasteiger partial charge on any atom is 0.264 e. The van der Waals surface area contributed by atoms with Gasteiger partial charge in [-0.05, 0) is 61.7 Å². The van der Waals surface area contributed by atoms with Crippen molar-refractivity contribution in [2.45, 2.75) is 37.5 Å². The van der Waals surface area contributed by atoms with Gasteiger partial charge in [-0.25, -0.2) is 13.1 Å². The monoisotopic (exact) mass is 486 g/mol. The number of ketones is 1. The first-order chi connectivity index (χ1) is 16.3. The van der Waals surface area contributed by atoms with E-state index in [1.807, 2.05) is 16.9 Å². The van der Waals surface area contributed by atoms with Gasteiger partial charge in [0, 0.05) is 36.7 Å². The number of anilines is 1. The van der Waals surface area contributed by atoms with Crippen molar-refractivity contribution in [1.29, 1.82) is 0 Å². The smallest absolute Gasteiger partial charge is 0.264 e. The normalized spacial score (nSPS) is 13.8. The lowest BCUT2D eigenvalue weighted by atomic mass is 10.1. The van der Waals surface area contributed by atoms with Crippen molar-refractivity contribution in [3.63, 3.8) is 0 Å². The Kier molecular flexibility index (Phi) is 8.33. The average molecular weight is 487 g/mol. The van der Waals surface area contributed by atoms with Gasteiger partial charge < -0.3 is 14.4 Å². The van der Waals surface area contributed by atoms with Gasteiger partial charge in [-0.1, -0.05) is 6.92 Å². The van der Waals surface area contributed by atoms with Gasteiger partial charge in [0.25, 0.3) is 10.0 Å². The van der Waals surface area contributed by atoms with Crippen molar-refractivity contribution < 1.29 is 27.5 Å². The van der Waals surface area contributed by atoms with Crippen molar-refractivity contribution in [1.82, 2.24) is 4.72 Å². The molecule has 0 bridgehead atoms. The molecule has 1 N–H and O–H groups in total. The third-order valence-electron chi connectivity index (χ3n) is 5.57. The summed E-state index contributed by atoms with van der Waals surface area (Å²) in [6, 6.07) is 9.22. The van der Waals surface area contributed by atoms with E-state index in [0.717, 1.165) is 37.2 Å². The van der Waals surface area contributed by atoms with Crippen molar-refractivity contribution in [2.24, 2.45) is 0 Å². The molecule has 1 aliphatic heterocycles. The topological polar surface area (TPSA) is 102 Å². The lowest BCUT2D eigenvalue weighted by molar-refractivity contribution is -0.119. The minimum atomic E-state index is -3.97. The SMILES string of the molecule is CCCC(=O)NS(=O)(=O)c1ccc(C(=O)/C=C/c2cc(N3CCCC3)c(OC)cc2OC)cc1. The Morgan fingerprint density at radius 1 is 1.03 bits per heavy atom. The van der Waals surface area contributed by atoms with E-state index in [9.17, 15) is 18.0 Å². The number of benzene rings is 2. The Morgan fingerprint density at radius 2 is 1.68 bits per heavy atom. The highest BCUT2D eigenvalue weighted by atomic mass is 32.2. The Hall–Kier alpha value is -3.33. The number of carbonyl (C=O) groups excluding carboxylic acids is 2. The predicted octanol–water partition coefficient (Wildman–Crippen LogP) is 3.81. The van der Waals surface area contributed by atoms with E-state index >= 15 is 0 Å². The van der Waals surface area contributed by atoms with Crippen LogP contribution in [-0.2, 0) is 14.8 Å². The highest BCUT2D eigenvalue weighted by Crippen LogP contribution is 2.37. The van der Waals surface area contributed by atoms with E-state index < -0.39 is 15.9 Å². The summed E-state index contributed by atoms with van der Waals surface area (Å²) < 4.78 is 37.7. The molecule has 3 rings (SSSR count). The molecule has 0 spiro atoms. The number of amides is 1. The Balaban J connectivity index is 1.80. The molecule has 0 aromatic heterocycles. The largest absolute Gasteiger partial charge is 0.496 e. The van der Waals surface area contributed by atoms with Crippen molar-refractivity contribution in [3.05, 3.63) is 53.6 Å². The predicted molar refractivity (Wildman–Crippen MR) is 131 cm³/mol. The first-order valence-electron chi connectivity index (χ1n) is 11.2. The number of nitrogens with zero attached hydrogens (tertiary/aromatic N) is 1. The Bertz CT molecular complexity index is 1170. The second-order valence-corrected chi connectivity index (χ2v) is 9.64. The number of rotatable bonds is 10. The van der Waals surface area contributed by atoms with Crippen LogP contribution in [0.3, 0.4) is 0 Å². The summed E-state index contributed by atoms with van der Waals surface area (Å²) in [5.41, 5.74) is 2.01. The molecular weight excluding hydrogens is 456 g/mol. The molecule has 0 unspecified atom stereocenters. The fraction of sp³-hybridized carbons (Fsp3) is 0.360. The summed E-state index contributed by atoms with van der Waals surface area (Å²) in [5.74, 6) is 0.435. The van der Waals surface area contributed by atoms with Crippen LogP contribution in [0.15, 0.2) is 47.4 Å². The second-order valence-electron chi connectivity index (χ2n) is 7.96. The minimum Gasteiger partial charge on any atom is -0.496 e. The number of nitrogens with one attached hydrogen (secondary N) is 1. The van der Waals surface area contributed by atoms with E-state index in [1.54, 1.807) is 27.2 Å². The molecule has 2 aromatic rings. The molecule has 1 saturated heterocycles. The maximum atomic E-state index is 12.7. The fourth-order valence-corrected chi connectivity index (χ4v) is 4.80. The minimum absolute atomic E-state index is 0.0791. The lowest BCUT2D eigenvalue weighted by Gasteiger charge is -2.22. The van der Waals surface area contributed by atoms with Gasteiger partial charge in [0.05, 0.1) is 24.8 Å². The second kappa shape index (κ2) is 11.2. The summed E-state index contributed by atoms with van der Waals surface area (Å²) in [7, 11) is -0.795. The van der Waals surface area contributed by atoms with E-state index in [4.69, 9.17) is 9.47 Å². The zero-order chi connectivity index (χ0) is 24.7. The van der Waals surface area contributed by atoms with Crippen LogP contribution in [0.4, 0.5) is 5.69 Å². The Labute approximate surface area is 200 Å². The molecular formula is C25H30N2O6S. The van der Waals surface area contributed by atoms with Crippen LogP contribution in [0.25, 0.3) is 6.08 Å². The van der Waals surface area contributed by atoms with Crippen molar-refractivity contribution in [3.8, 4) is 11.5 Å². The first-order valence-corrected chi connectivity index (χ1v) is 12.7. The lowest BCUT2D eigenvalue weighted by Crippen LogP contribution is -2.30. The van der Waals surface area contributed by atoms with Gasteiger partial charge in [0.1, 0.15) is 11.5 Å². The van der Waals surface area contributed by atoms with Crippen LogP contribution in [0.5, 0.6) is 11.5 Å². The number of sulfonamides is 1. The number of methoxy groups -OCH3 is 2. The third kappa shape index (κ3) is 5.96. The highest BCUT2D eigenvalue weighted by Gasteiger charge is 2.20. The van der Waals surface area contributed by atoms with E-state index in [-0.39, 0.29) is 17.1 Å². The van der Waals surface area contributed by atoms with Gasteiger partial charge in [-0.2, -0.15) is 0 Å². The van der Waals surface area contributed by atoms with Gasteiger partial charge in [0.2, 0.25) is 5.91 Å². The molecule has 1 heterocycles. The van der Waals surface area contributed by atoms with Crippen molar-refractivity contribution >= 4 is 33.5 Å². The zero-order valence-corrected chi connectivity index (χ0v) is 20.5. The number of ether oxygens (including phenoxy) is 2. The van der Waals surface area contributed by atoms with Gasteiger partial charge in [-0.15, -0.1) is 0 Å². The first kappa shape index (κ1) is 25.3. The van der Waals surface area contributed by atoms with E-state index in [1.165, 1.54) is 30.3 Å². The summed E-state index contributed by atoms with van der Waals surface area (Å²) in [4.78, 5) is 26.5. The van der Waals surface area contributed by atoms with Crippen LogP contribution in [0.1, 0.15) is 48.5 Å². The zero-order valence-electron chi connectivity index (χ0n) is 19.7. The van der Waals surface area contributed by atoms with E-state index in [0.29, 0.717) is 23.5 Å². The molecule has 0 aliphatic carbocycles. The fourth-order valence-electron chi connectivity index (χ4n) is 3.79. The summed E-state index contributed by atoms with van der Waals surface area (Å²) >= 11 is 0. The standard InChI is InChI=1S/C25H30N2O6S/c1-4-7-25(29)26-34(30,31)20-11-8-18(9-12-20)22(28)13-10-19-16-21(27-14-5-6-15-27)24(33-3)17-23(19)32-2/h8-13,16-17H,4-7,14-15H2,1-3H3,(H,26,29)/b13-10+. The van der Waals surface area contributed by atoms with Gasteiger partial charge in [0.15, 0.2) is 5.78 Å². The summed E-state index contributed by atoms with van der Waals surface area (Å²) in [6.07, 6.45) is 5.99. The molecule has 2 aromatic carbocycles. The number of hydrogen-bond acceptors (Lipinski definition) is 7. The highest BCUT2D eigenvalue weighted by molar-refractivity contribution is 7.90. The van der Waals surface area contributed by atoms with Crippen molar-refractivity contribution in [2.75, 3.05) is 32.2 Å². The van der Waals surface area contributed by atoms with Gasteiger partial charge in [-0.3, -0.25) is 9.59 Å². The van der Waals surface area contributed by atoms with Crippen LogP contribution in [0.2, 0.25) is 0 Å². The maximum absolute atomic E-state index is 12.7. The molecule has 8 nitrogen and oxygen atoms in total. The molecule has 182 valence electrons. The Morgan fingerprint density at radius 3 is 2.26 bits per heavy atom. The quantitative estimate of drug-likeness (QED) is 0.402.